The molecule has 3 rings (SSSR count). The van der Waals surface area contributed by atoms with E-state index in [0.29, 0.717) is 6.54 Å². The summed E-state index contributed by atoms with van der Waals surface area (Å²) >= 11 is 0. The van der Waals surface area contributed by atoms with Gasteiger partial charge in [0.15, 0.2) is 0 Å². The molecule has 3 aromatic rings. The first-order valence-corrected chi connectivity index (χ1v) is 6.30. The van der Waals surface area contributed by atoms with Crippen molar-refractivity contribution in [1.29, 1.82) is 0 Å². The smallest absolute Gasteiger partial charge is 0.138 e. The van der Waals surface area contributed by atoms with Crippen LogP contribution in [0, 0.1) is 0 Å². The van der Waals surface area contributed by atoms with Crippen molar-refractivity contribution in [3.8, 4) is 0 Å². The molecule has 0 unspecified atom stereocenters. The van der Waals surface area contributed by atoms with Gasteiger partial charge in [-0.25, -0.2) is 4.98 Å². The molecule has 0 aliphatic heterocycles. The van der Waals surface area contributed by atoms with Gasteiger partial charge < -0.3 is 11.1 Å². The Hall–Kier alpha value is -2.33. The number of aromatic nitrogens is 2. The number of imidazole rings is 1. The molecule has 96 valence electrons. The molecule has 4 heteroatoms. The summed E-state index contributed by atoms with van der Waals surface area (Å²) in [6.45, 7) is 1.34. The van der Waals surface area contributed by atoms with Crippen molar-refractivity contribution in [3.63, 3.8) is 0 Å². The number of nitrogens with zero attached hydrogens (tertiary/aromatic N) is 2. The standard InChI is InChI=1S/C15H16N4/c16-10-12-3-1-4-13(9-12)11-18-15-6-2-5-14-17-7-8-19(14)15/h1-9,18H,10-11,16H2. The van der Waals surface area contributed by atoms with Gasteiger partial charge in [0.25, 0.3) is 0 Å². The SMILES string of the molecule is NCc1cccc(CNc2cccc3nccn23)c1. The lowest BCUT2D eigenvalue weighted by atomic mass is 10.1. The lowest BCUT2D eigenvalue weighted by molar-refractivity contribution is 1.04. The number of nitrogens with two attached hydrogens (primary N) is 1. The summed E-state index contributed by atoms with van der Waals surface area (Å²) in [4.78, 5) is 4.27. The molecule has 0 bridgehead atoms. The maximum atomic E-state index is 5.65. The summed E-state index contributed by atoms with van der Waals surface area (Å²) in [5, 5.41) is 3.42. The average molecular weight is 252 g/mol. The number of fused-ring (bicyclic) bond motifs is 1. The minimum atomic E-state index is 0.574. The van der Waals surface area contributed by atoms with Crippen LogP contribution in [0.1, 0.15) is 11.1 Å². The summed E-state index contributed by atoms with van der Waals surface area (Å²) in [6, 6.07) is 14.3. The van der Waals surface area contributed by atoms with E-state index in [2.05, 4.69) is 22.4 Å². The normalized spacial score (nSPS) is 10.8. The molecule has 0 radical (unpaired) electrons. The molecule has 2 aromatic heterocycles. The minimum Gasteiger partial charge on any atom is -0.367 e. The maximum Gasteiger partial charge on any atom is 0.138 e. The summed E-state index contributed by atoms with van der Waals surface area (Å²) in [5.74, 6) is 1.04. The van der Waals surface area contributed by atoms with Crippen LogP contribution in [0.4, 0.5) is 5.82 Å². The largest absolute Gasteiger partial charge is 0.367 e. The highest BCUT2D eigenvalue weighted by Gasteiger charge is 2.00. The Balaban J connectivity index is 1.80. The van der Waals surface area contributed by atoms with Crippen LogP contribution < -0.4 is 11.1 Å². The zero-order valence-electron chi connectivity index (χ0n) is 10.6. The number of pyridine rings is 1. The van der Waals surface area contributed by atoms with Crippen molar-refractivity contribution in [2.24, 2.45) is 5.73 Å². The van der Waals surface area contributed by atoms with Crippen molar-refractivity contribution < 1.29 is 0 Å². The third-order valence-corrected chi connectivity index (χ3v) is 3.13. The lowest BCUT2D eigenvalue weighted by Gasteiger charge is -2.09. The third kappa shape index (κ3) is 2.44. The molecule has 0 spiro atoms. The molecular formula is C15H16N4. The van der Waals surface area contributed by atoms with Crippen LogP contribution in [0.15, 0.2) is 54.9 Å². The average Bonchev–Trinajstić information content (AvgIpc) is 2.94. The van der Waals surface area contributed by atoms with Crippen LogP contribution in [0.5, 0.6) is 0 Å². The Bertz CT molecular complexity index is 687. The highest BCUT2D eigenvalue weighted by molar-refractivity contribution is 5.50. The van der Waals surface area contributed by atoms with Gasteiger partial charge in [-0.2, -0.15) is 0 Å². The summed E-state index contributed by atoms with van der Waals surface area (Å²) in [7, 11) is 0. The van der Waals surface area contributed by atoms with Crippen molar-refractivity contribution in [1.82, 2.24) is 9.38 Å². The second-order valence-electron chi connectivity index (χ2n) is 4.44. The fraction of sp³-hybridized carbons (Fsp3) is 0.133. The Labute approximate surface area is 111 Å². The van der Waals surface area contributed by atoms with E-state index in [0.717, 1.165) is 23.6 Å². The van der Waals surface area contributed by atoms with Crippen molar-refractivity contribution in [2.45, 2.75) is 13.1 Å². The van der Waals surface area contributed by atoms with Gasteiger partial charge in [-0.05, 0) is 23.3 Å². The fourth-order valence-corrected chi connectivity index (χ4v) is 2.15. The van der Waals surface area contributed by atoms with E-state index in [4.69, 9.17) is 5.73 Å². The van der Waals surface area contributed by atoms with Gasteiger partial charge in [-0.1, -0.05) is 30.3 Å². The van der Waals surface area contributed by atoms with E-state index in [1.165, 1.54) is 5.56 Å². The molecule has 4 nitrogen and oxygen atoms in total. The topological polar surface area (TPSA) is 55.3 Å². The molecule has 0 saturated heterocycles. The predicted molar refractivity (Wildman–Crippen MR) is 76.9 cm³/mol. The number of hydrogen-bond donors (Lipinski definition) is 2. The van der Waals surface area contributed by atoms with E-state index in [9.17, 15) is 0 Å². The predicted octanol–water partition coefficient (Wildman–Crippen LogP) is 2.41. The van der Waals surface area contributed by atoms with Crippen LogP contribution in [0.3, 0.4) is 0 Å². The number of anilines is 1. The molecule has 0 aliphatic carbocycles. The molecule has 19 heavy (non-hydrogen) atoms. The van der Waals surface area contributed by atoms with Crippen LogP contribution in [-0.2, 0) is 13.1 Å². The Morgan fingerprint density at radius 1 is 1.11 bits per heavy atom. The van der Waals surface area contributed by atoms with Crippen LogP contribution in [-0.4, -0.2) is 9.38 Å². The first-order valence-electron chi connectivity index (χ1n) is 6.30. The summed E-state index contributed by atoms with van der Waals surface area (Å²) in [6.07, 6.45) is 3.75. The van der Waals surface area contributed by atoms with Gasteiger partial charge in [0, 0.05) is 25.5 Å². The Morgan fingerprint density at radius 2 is 1.95 bits per heavy atom. The van der Waals surface area contributed by atoms with E-state index < -0.39 is 0 Å². The lowest BCUT2D eigenvalue weighted by Crippen LogP contribution is -2.04. The number of hydrogen-bond acceptors (Lipinski definition) is 3. The van der Waals surface area contributed by atoms with E-state index in [-0.39, 0.29) is 0 Å². The minimum absolute atomic E-state index is 0.574. The van der Waals surface area contributed by atoms with Crippen molar-refractivity contribution >= 4 is 11.5 Å². The van der Waals surface area contributed by atoms with Gasteiger partial charge in [0.05, 0.1) is 0 Å². The van der Waals surface area contributed by atoms with Crippen LogP contribution in [0.2, 0.25) is 0 Å². The quantitative estimate of drug-likeness (QED) is 0.749. The second kappa shape index (κ2) is 5.12. The summed E-state index contributed by atoms with van der Waals surface area (Å²) < 4.78 is 2.03. The second-order valence-corrected chi connectivity index (χ2v) is 4.44. The van der Waals surface area contributed by atoms with Gasteiger partial charge in [-0.3, -0.25) is 4.40 Å². The monoisotopic (exact) mass is 252 g/mol. The van der Waals surface area contributed by atoms with Crippen LogP contribution in [0.25, 0.3) is 5.65 Å². The molecule has 0 aliphatic rings. The van der Waals surface area contributed by atoms with Crippen molar-refractivity contribution in [3.05, 3.63) is 66.0 Å². The Kier molecular flexibility index (Phi) is 3.16. The highest BCUT2D eigenvalue weighted by Crippen LogP contribution is 2.13. The molecule has 0 fully saturated rings. The fourth-order valence-electron chi connectivity index (χ4n) is 2.15. The van der Waals surface area contributed by atoms with Gasteiger partial charge in [0.2, 0.25) is 0 Å². The first-order chi connectivity index (χ1) is 9.36. The molecule has 0 saturated carbocycles. The zero-order chi connectivity index (χ0) is 13.1. The summed E-state index contributed by atoms with van der Waals surface area (Å²) in [5.41, 5.74) is 8.97. The molecular weight excluding hydrogens is 236 g/mol. The highest BCUT2D eigenvalue weighted by atomic mass is 15.1. The number of nitrogens with one attached hydrogen (secondary N) is 1. The molecule has 3 N–H and O–H groups in total. The van der Waals surface area contributed by atoms with Crippen molar-refractivity contribution in [2.75, 3.05) is 5.32 Å². The number of rotatable bonds is 4. The van der Waals surface area contributed by atoms with E-state index >= 15 is 0 Å². The third-order valence-electron chi connectivity index (χ3n) is 3.13. The van der Waals surface area contributed by atoms with E-state index in [1.807, 2.05) is 40.9 Å². The molecule has 2 heterocycles. The zero-order valence-corrected chi connectivity index (χ0v) is 10.6. The molecule has 1 aromatic carbocycles. The number of benzene rings is 1. The molecule has 0 atom stereocenters. The van der Waals surface area contributed by atoms with Gasteiger partial charge >= 0.3 is 0 Å². The maximum absolute atomic E-state index is 5.65. The van der Waals surface area contributed by atoms with Crippen LogP contribution >= 0.6 is 0 Å². The van der Waals surface area contributed by atoms with Gasteiger partial charge in [-0.15, -0.1) is 0 Å². The first kappa shape index (κ1) is 11.7. The van der Waals surface area contributed by atoms with Gasteiger partial charge in [0.1, 0.15) is 11.5 Å². The van der Waals surface area contributed by atoms with E-state index in [1.54, 1.807) is 6.20 Å². The molecule has 0 amide bonds. The Morgan fingerprint density at radius 3 is 2.84 bits per heavy atom.